The van der Waals surface area contributed by atoms with Crippen LogP contribution in [0.15, 0.2) is 54.0 Å². The number of thiazole rings is 1. The third-order valence-electron chi connectivity index (χ3n) is 4.29. The maximum absolute atomic E-state index is 12.9. The molecular formula is C18H14N6OS. The first kappa shape index (κ1) is 15.0. The van der Waals surface area contributed by atoms with Crippen LogP contribution in [0.25, 0.3) is 11.0 Å². The van der Waals surface area contributed by atoms with Gasteiger partial charge in [0.15, 0.2) is 5.13 Å². The van der Waals surface area contributed by atoms with E-state index in [0.29, 0.717) is 29.1 Å². The van der Waals surface area contributed by atoms with Gasteiger partial charge in [0, 0.05) is 24.7 Å². The molecule has 1 N–H and O–H groups in total. The lowest BCUT2D eigenvalue weighted by atomic mass is 10.3. The molecule has 0 saturated heterocycles. The Morgan fingerprint density at radius 1 is 1.08 bits per heavy atom. The molecule has 1 aromatic carbocycles. The summed E-state index contributed by atoms with van der Waals surface area (Å²) in [5.41, 5.74) is 2.36. The zero-order valence-corrected chi connectivity index (χ0v) is 14.5. The normalized spacial score (nSPS) is 13.2. The van der Waals surface area contributed by atoms with E-state index in [4.69, 9.17) is 0 Å². The van der Waals surface area contributed by atoms with Crippen LogP contribution >= 0.6 is 11.3 Å². The number of amides is 1. The summed E-state index contributed by atoms with van der Waals surface area (Å²) in [6.45, 7) is 1.34. The van der Waals surface area contributed by atoms with Crippen molar-refractivity contribution in [3.63, 3.8) is 0 Å². The van der Waals surface area contributed by atoms with E-state index in [-0.39, 0.29) is 5.91 Å². The number of hydrogen-bond donors (Lipinski definition) is 1. The smallest absolute Gasteiger partial charge is 0.280 e. The van der Waals surface area contributed by atoms with Crippen molar-refractivity contribution in [3.05, 3.63) is 59.7 Å². The van der Waals surface area contributed by atoms with Gasteiger partial charge in [-0.3, -0.25) is 9.69 Å². The number of hydrogen-bond acceptors (Lipinski definition) is 6. The topological polar surface area (TPSA) is 75.9 Å². The molecule has 5 rings (SSSR count). The average molecular weight is 362 g/mol. The molecule has 4 aromatic rings. The highest BCUT2D eigenvalue weighted by Crippen LogP contribution is 2.29. The number of anilines is 3. The quantitative estimate of drug-likeness (QED) is 0.605. The molecule has 1 aliphatic rings. The summed E-state index contributed by atoms with van der Waals surface area (Å²) >= 11 is 1.38. The van der Waals surface area contributed by atoms with Gasteiger partial charge >= 0.3 is 0 Å². The maximum Gasteiger partial charge on any atom is 0.280 e. The minimum Gasteiger partial charge on any atom is -0.316 e. The molecule has 0 bridgehead atoms. The SMILES string of the molecule is O=C(c1csc(Nc2ccccn2)n1)N1CCn2c1nc1ccccc12. The van der Waals surface area contributed by atoms with Crippen LogP contribution < -0.4 is 10.2 Å². The lowest BCUT2D eigenvalue weighted by molar-refractivity contribution is 0.0984. The summed E-state index contributed by atoms with van der Waals surface area (Å²) in [6, 6.07) is 13.5. The predicted molar refractivity (Wildman–Crippen MR) is 101 cm³/mol. The van der Waals surface area contributed by atoms with Crippen molar-refractivity contribution in [1.82, 2.24) is 19.5 Å². The fourth-order valence-electron chi connectivity index (χ4n) is 3.10. The largest absolute Gasteiger partial charge is 0.316 e. The molecule has 7 nitrogen and oxygen atoms in total. The van der Waals surface area contributed by atoms with Gasteiger partial charge in [0.05, 0.1) is 11.0 Å². The monoisotopic (exact) mass is 362 g/mol. The Kier molecular flexibility index (Phi) is 3.42. The van der Waals surface area contributed by atoms with Gasteiger partial charge in [-0.25, -0.2) is 15.0 Å². The molecular weight excluding hydrogens is 348 g/mol. The Balaban J connectivity index is 1.42. The van der Waals surface area contributed by atoms with Gasteiger partial charge in [0.25, 0.3) is 5.91 Å². The first-order valence-electron chi connectivity index (χ1n) is 8.20. The van der Waals surface area contributed by atoms with Crippen molar-refractivity contribution in [3.8, 4) is 0 Å². The van der Waals surface area contributed by atoms with Crippen LogP contribution in [0.4, 0.5) is 16.9 Å². The summed E-state index contributed by atoms with van der Waals surface area (Å²) in [6.07, 6.45) is 1.71. The minimum atomic E-state index is -0.135. The fourth-order valence-corrected chi connectivity index (χ4v) is 3.79. The average Bonchev–Trinajstić information content (AvgIpc) is 3.37. The van der Waals surface area contributed by atoms with E-state index in [1.807, 2.05) is 42.5 Å². The molecule has 0 saturated carbocycles. The lowest BCUT2D eigenvalue weighted by Crippen LogP contribution is -2.29. The second kappa shape index (κ2) is 5.92. The first-order valence-corrected chi connectivity index (χ1v) is 9.08. The second-order valence-corrected chi connectivity index (χ2v) is 6.74. The maximum atomic E-state index is 12.9. The molecule has 1 amide bonds. The van der Waals surface area contributed by atoms with Gasteiger partial charge in [0.1, 0.15) is 11.5 Å². The van der Waals surface area contributed by atoms with Crippen molar-refractivity contribution in [2.24, 2.45) is 0 Å². The number of carbonyl (C=O) groups excluding carboxylic acids is 1. The molecule has 8 heteroatoms. The van der Waals surface area contributed by atoms with Crippen LogP contribution in [0.3, 0.4) is 0 Å². The minimum absolute atomic E-state index is 0.135. The third kappa shape index (κ3) is 2.42. The second-order valence-electron chi connectivity index (χ2n) is 5.89. The number of fused-ring (bicyclic) bond motifs is 3. The number of rotatable bonds is 3. The predicted octanol–water partition coefficient (Wildman–Crippen LogP) is 3.29. The number of carbonyl (C=O) groups is 1. The number of para-hydroxylation sites is 2. The number of pyridine rings is 1. The summed E-state index contributed by atoms with van der Waals surface area (Å²) in [4.78, 5) is 27.9. The van der Waals surface area contributed by atoms with Crippen molar-refractivity contribution in [1.29, 1.82) is 0 Å². The van der Waals surface area contributed by atoms with Gasteiger partial charge < -0.3 is 9.88 Å². The molecule has 128 valence electrons. The van der Waals surface area contributed by atoms with Crippen LogP contribution in [0.1, 0.15) is 10.5 Å². The molecule has 0 spiro atoms. The van der Waals surface area contributed by atoms with Crippen molar-refractivity contribution in [2.45, 2.75) is 6.54 Å². The highest BCUT2D eigenvalue weighted by Gasteiger charge is 2.30. The summed E-state index contributed by atoms with van der Waals surface area (Å²) in [5, 5.41) is 5.52. The van der Waals surface area contributed by atoms with Gasteiger partial charge in [-0.2, -0.15) is 0 Å². The molecule has 26 heavy (non-hydrogen) atoms. The zero-order valence-electron chi connectivity index (χ0n) is 13.7. The molecule has 0 aliphatic carbocycles. The Hall–Kier alpha value is -3.26. The molecule has 0 atom stereocenters. The Morgan fingerprint density at radius 2 is 1.96 bits per heavy atom. The van der Waals surface area contributed by atoms with Crippen LogP contribution in [0.5, 0.6) is 0 Å². The van der Waals surface area contributed by atoms with Crippen molar-refractivity contribution < 1.29 is 4.79 Å². The third-order valence-corrected chi connectivity index (χ3v) is 5.05. The summed E-state index contributed by atoms with van der Waals surface area (Å²) in [5.74, 6) is 1.25. The van der Waals surface area contributed by atoms with Crippen LogP contribution in [0.2, 0.25) is 0 Å². The van der Waals surface area contributed by atoms with Gasteiger partial charge in [-0.05, 0) is 24.3 Å². The number of nitrogens with one attached hydrogen (secondary N) is 1. The molecule has 0 fully saturated rings. The first-order chi connectivity index (χ1) is 12.8. The summed E-state index contributed by atoms with van der Waals surface area (Å²) < 4.78 is 2.08. The van der Waals surface area contributed by atoms with Crippen LogP contribution in [-0.2, 0) is 6.54 Å². The Labute approximate surface area is 153 Å². The molecule has 0 unspecified atom stereocenters. The van der Waals surface area contributed by atoms with Crippen molar-refractivity contribution >= 4 is 45.2 Å². The van der Waals surface area contributed by atoms with E-state index >= 15 is 0 Å². The van der Waals surface area contributed by atoms with Crippen molar-refractivity contribution in [2.75, 3.05) is 16.8 Å². The van der Waals surface area contributed by atoms with E-state index in [9.17, 15) is 4.79 Å². The number of nitrogens with zero attached hydrogens (tertiary/aromatic N) is 5. The molecule has 4 heterocycles. The van der Waals surface area contributed by atoms with Crippen LogP contribution in [0, 0.1) is 0 Å². The number of aromatic nitrogens is 4. The van der Waals surface area contributed by atoms with Gasteiger partial charge in [-0.15, -0.1) is 11.3 Å². The molecule has 0 radical (unpaired) electrons. The zero-order chi connectivity index (χ0) is 17.5. The van der Waals surface area contributed by atoms with Gasteiger partial charge in [0.2, 0.25) is 5.95 Å². The van der Waals surface area contributed by atoms with E-state index in [1.165, 1.54) is 11.3 Å². The molecule has 1 aliphatic heterocycles. The Bertz CT molecular complexity index is 1100. The summed E-state index contributed by atoms with van der Waals surface area (Å²) in [7, 11) is 0. The van der Waals surface area contributed by atoms with E-state index in [1.54, 1.807) is 16.5 Å². The van der Waals surface area contributed by atoms with E-state index in [2.05, 4.69) is 24.8 Å². The Morgan fingerprint density at radius 3 is 2.85 bits per heavy atom. The number of benzene rings is 1. The van der Waals surface area contributed by atoms with E-state index in [0.717, 1.165) is 17.6 Å². The fraction of sp³-hybridized carbons (Fsp3) is 0.111. The van der Waals surface area contributed by atoms with Gasteiger partial charge in [-0.1, -0.05) is 18.2 Å². The lowest BCUT2D eigenvalue weighted by Gasteiger charge is -2.11. The molecule has 3 aromatic heterocycles. The van der Waals surface area contributed by atoms with E-state index < -0.39 is 0 Å². The van der Waals surface area contributed by atoms with Crippen LogP contribution in [-0.4, -0.2) is 32.0 Å². The highest BCUT2D eigenvalue weighted by atomic mass is 32.1. The highest BCUT2D eigenvalue weighted by molar-refractivity contribution is 7.14. The number of imidazole rings is 1. The standard InChI is InChI=1S/C18H14N6OS/c25-16(13-11-26-17(20-13)22-15-7-3-4-8-19-15)24-10-9-23-14-6-2-1-5-12(14)21-18(23)24/h1-8,11H,9-10H2,(H,19,20,22).